The number of rotatable bonds is 7. The molecule has 0 atom stereocenters. The van der Waals surface area contributed by atoms with Gasteiger partial charge in [-0.1, -0.05) is 60.1 Å². The van der Waals surface area contributed by atoms with Crippen LogP contribution in [0.5, 0.6) is 0 Å². The van der Waals surface area contributed by atoms with Crippen molar-refractivity contribution in [2.75, 3.05) is 10.0 Å². The van der Waals surface area contributed by atoms with E-state index >= 15 is 0 Å². The molecule has 0 saturated heterocycles. The molecule has 0 bridgehead atoms. The molecule has 5 nitrogen and oxygen atoms in total. The fraction of sp³-hybridized carbons (Fsp3) is 0.136. The number of amides is 1. The lowest BCUT2D eigenvalue weighted by molar-refractivity contribution is -0.116. The summed E-state index contributed by atoms with van der Waals surface area (Å²) in [5.41, 5.74) is 2.35. The summed E-state index contributed by atoms with van der Waals surface area (Å²) in [6.07, 6.45) is 0.912. The third-order valence-corrected chi connectivity index (χ3v) is 6.20. The van der Waals surface area contributed by atoms with Crippen molar-refractivity contribution in [3.05, 3.63) is 88.9 Å². The predicted molar refractivity (Wildman–Crippen MR) is 117 cm³/mol. The monoisotopic (exact) mass is 428 g/mol. The van der Waals surface area contributed by atoms with E-state index in [1.165, 1.54) is 6.07 Å². The van der Waals surface area contributed by atoms with Crippen LogP contribution in [0.3, 0.4) is 0 Å². The molecule has 0 spiro atoms. The van der Waals surface area contributed by atoms with Crippen molar-refractivity contribution in [2.45, 2.75) is 24.7 Å². The number of hydrogen-bond donors (Lipinski definition) is 2. The van der Waals surface area contributed by atoms with Gasteiger partial charge in [0.25, 0.3) is 10.0 Å². The summed E-state index contributed by atoms with van der Waals surface area (Å²) in [7, 11) is -3.87. The Morgan fingerprint density at radius 2 is 1.66 bits per heavy atom. The standard InChI is InChI=1S/C22H21ClN2O3S/c1-16-11-13-18(24-22(26)14-12-17-7-3-2-4-8-17)15-21(16)29(27,28)25-20-10-6-5-9-19(20)23/h2-11,13,15,25H,12,14H2,1H3,(H,24,26). The van der Waals surface area contributed by atoms with Gasteiger partial charge in [-0.2, -0.15) is 0 Å². The third kappa shape index (κ3) is 5.59. The van der Waals surface area contributed by atoms with Gasteiger partial charge < -0.3 is 5.32 Å². The van der Waals surface area contributed by atoms with Crippen molar-refractivity contribution in [3.8, 4) is 0 Å². The molecule has 0 saturated carbocycles. The molecule has 0 radical (unpaired) electrons. The van der Waals surface area contributed by atoms with E-state index in [2.05, 4.69) is 10.0 Å². The molecule has 3 aromatic carbocycles. The summed E-state index contributed by atoms with van der Waals surface area (Å²) >= 11 is 6.06. The molecule has 0 unspecified atom stereocenters. The van der Waals surface area contributed by atoms with Gasteiger partial charge in [0.15, 0.2) is 0 Å². The smallest absolute Gasteiger partial charge is 0.262 e. The Labute approximate surface area is 175 Å². The molecule has 0 fully saturated rings. The summed E-state index contributed by atoms with van der Waals surface area (Å²) in [5, 5.41) is 3.07. The molecule has 0 aliphatic rings. The quantitative estimate of drug-likeness (QED) is 0.554. The highest BCUT2D eigenvalue weighted by atomic mass is 35.5. The Hall–Kier alpha value is -2.83. The van der Waals surface area contributed by atoms with Gasteiger partial charge in [0, 0.05) is 12.1 Å². The SMILES string of the molecule is Cc1ccc(NC(=O)CCc2ccccc2)cc1S(=O)(=O)Nc1ccccc1Cl. The highest BCUT2D eigenvalue weighted by molar-refractivity contribution is 7.92. The average Bonchev–Trinajstić information content (AvgIpc) is 2.70. The van der Waals surface area contributed by atoms with Crippen LogP contribution >= 0.6 is 11.6 Å². The molecule has 3 aromatic rings. The van der Waals surface area contributed by atoms with Gasteiger partial charge in [-0.3, -0.25) is 9.52 Å². The van der Waals surface area contributed by atoms with Gasteiger partial charge in [0.1, 0.15) is 0 Å². The van der Waals surface area contributed by atoms with E-state index in [1.807, 2.05) is 30.3 Å². The van der Waals surface area contributed by atoms with Gasteiger partial charge in [-0.05, 0) is 48.7 Å². The van der Waals surface area contributed by atoms with E-state index < -0.39 is 10.0 Å². The lowest BCUT2D eigenvalue weighted by Gasteiger charge is -2.13. The van der Waals surface area contributed by atoms with E-state index in [-0.39, 0.29) is 10.8 Å². The molecule has 2 N–H and O–H groups in total. The zero-order valence-electron chi connectivity index (χ0n) is 15.9. The van der Waals surface area contributed by atoms with Crippen LogP contribution in [-0.2, 0) is 21.2 Å². The number of carbonyl (C=O) groups excluding carboxylic acids is 1. The highest BCUT2D eigenvalue weighted by Gasteiger charge is 2.19. The van der Waals surface area contributed by atoms with Crippen molar-refractivity contribution in [2.24, 2.45) is 0 Å². The number of sulfonamides is 1. The van der Waals surface area contributed by atoms with Crippen LogP contribution in [0.1, 0.15) is 17.5 Å². The van der Waals surface area contributed by atoms with Crippen molar-refractivity contribution in [1.29, 1.82) is 0 Å². The summed E-state index contributed by atoms with van der Waals surface area (Å²) < 4.78 is 28.2. The molecule has 0 aliphatic heterocycles. The summed E-state index contributed by atoms with van der Waals surface area (Å²) in [6, 6.07) is 21.1. The molecule has 150 valence electrons. The summed E-state index contributed by atoms with van der Waals surface area (Å²) in [4.78, 5) is 12.4. The Balaban J connectivity index is 1.73. The minimum Gasteiger partial charge on any atom is -0.326 e. The first-order valence-electron chi connectivity index (χ1n) is 9.07. The Morgan fingerprint density at radius 3 is 2.38 bits per heavy atom. The number of nitrogens with one attached hydrogen (secondary N) is 2. The molecule has 1 amide bonds. The number of carbonyl (C=O) groups is 1. The van der Waals surface area contributed by atoms with Crippen LogP contribution in [0.4, 0.5) is 11.4 Å². The molecular formula is C22H21ClN2O3S. The van der Waals surface area contributed by atoms with Crippen molar-refractivity contribution in [1.82, 2.24) is 0 Å². The number of anilines is 2. The zero-order chi connectivity index (χ0) is 20.9. The van der Waals surface area contributed by atoms with Crippen LogP contribution < -0.4 is 10.0 Å². The van der Waals surface area contributed by atoms with E-state index in [1.54, 1.807) is 43.3 Å². The molecule has 7 heteroatoms. The van der Waals surface area contributed by atoms with E-state index in [0.717, 1.165) is 5.56 Å². The number of hydrogen-bond acceptors (Lipinski definition) is 3. The van der Waals surface area contributed by atoms with E-state index in [4.69, 9.17) is 11.6 Å². The first kappa shape index (κ1) is 20.9. The minimum atomic E-state index is -3.87. The predicted octanol–water partition coefficient (Wildman–Crippen LogP) is 5.02. The second-order valence-corrected chi connectivity index (χ2v) is 8.66. The van der Waals surface area contributed by atoms with Gasteiger partial charge >= 0.3 is 0 Å². The maximum Gasteiger partial charge on any atom is 0.262 e. The average molecular weight is 429 g/mol. The van der Waals surface area contributed by atoms with Crippen LogP contribution in [0.25, 0.3) is 0 Å². The number of benzene rings is 3. The highest BCUT2D eigenvalue weighted by Crippen LogP contribution is 2.27. The van der Waals surface area contributed by atoms with Crippen LogP contribution in [0.2, 0.25) is 5.02 Å². The van der Waals surface area contributed by atoms with E-state index in [0.29, 0.717) is 34.8 Å². The normalized spacial score (nSPS) is 11.1. The number of para-hydroxylation sites is 1. The van der Waals surface area contributed by atoms with Crippen molar-refractivity contribution >= 4 is 38.9 Å². The maximum atomic E-state index is 12.8. The van der Waals surface area contributed by atoms with Crippen molar-refractivity contribution < 1.29 is 13.2 Å². The van der Waals surface area contributed by atoms with Crippen molar-refractivity contribution in [3.63, 3.8) is 0 Å². The molecule has 29 heavy (non-hydrogen) atoms. The first-order valence-corrected chi connectivity index (χ1v) is 10.9. The number of halogens is 1. The van der Waals surface area contributed by atoms with Gasteiger partial charge in [-0.25, -0.2) is 8.42 Å². The second kappa shape index (κ2) is 9.11. The molecular weight excluding hydrogens is 408 g/mol. The number of aryl methyl sites for hydroxylation is 2. The van der Waals surface area contributed by atoms with Crippen LogP contribution in [-0.4, -0.2) is 14.3 Å². The van der Waals surface area contributed by atoms with Crippen LogP contribution in [0.15, 0.2) is 77.7 Å². The zero-order valence-corrected chi connectivity index (χ0v) is 17.4. The largest absolute Gasteiger partial charge is 0.326 e. The first-order chi connectivity index (χ1) is 13.8. The Kier molecular flexibility index (Phi) is 6.56. The fourth-order valence-corrected chi connectivity index (χ4v) is 4.43. The summed E-state index contributed by atoms with van der Waals surface area (Å²) in [5.74, 6) is -0.180. The lowest BCUT2D eigenvalue weighted by Crippen LogP contribution is -2.16. The Bertz CT molecular complexity index is 1120. The van der Waals surface area contributed by atoms with Crippen LogP contribution in [0, 0.1) is 6.92 Å². The van der Waals surface area contributed by atoms with Gasteiger partial charge in [-0.15, -0.1) is 0 Å². The fourth-order valence-electron chi connectivity index (χ4n) is 2.84. The van der Waals surface area contributed by atoms with Gasteiger partial charge in [0.2, 0.25) is 5.91 Å². The molecule has 3 rings (SSSR count). The maximum absolute atomic E-state index is 12.8. The molecule has 0 aromatic heterocycles. The lowest BCUT2D eigenvalue weighted by atomic mass is 10.1. The van der Waals surface area contributed by atoms with E-state index in [9.17, 15) is 13.2 Å². The molecule has 0 heterocycles. The third-order valence-electron chi connectivity index (χ3n) is 4.36. The second-order valence-electron chi connectivity index (χ2n) is 6.60. The summed E-state index contributed by atoms with van der Waals surface area (Å²) in [6.45, 7) is 1.70. The minimum absolute atomic E-state index is 0.0817. The van der Waals surface area contributed by atoms with Gasteiger partial charge in [0.05, 0.1) is 15.6 Å². The Morgan fingerprint density at radius 1 is 0.966 bits per heavy atom. The topological polar surface area (TPSA) is 75.3 Å². The molecule has 0 aliphatic carbocycles.